The maximum atomic E-state index is 5.81. The van der Waals surface area contributed by atoms with Crippen LogP contribution in [0.5, 0.6) is 11.8 Å². The summed E-state index contributed by atoms with van der Waals surface area (Å²) in [6, 6.07) is 14.4. The molecule has 100 valence electrons. The van der Waals surface area contributed by atoms with Crippen molar-refractivity contribution in [1.29, 1.82) is 0 Å². The zero-order valence-electron chi connectivity index (χ0n) is 11.2. The second-order valence-electron chi connectivity index (χ2n) is 4.63. The summed E-state index contributed by atoms with van der Waals surface area (Å²) in [6.45, 7) is 3.86. The molecule has 0 saturated carbocycles. The molecule has 0 fully saturated rings. The lowest BCUT2D eigenvalue weighted by molar-refractivity contribution is 0.437. The van der Waals surface area contributed by atoms with Crippen LogP contribution in [0.25, 0.3) is 10.8 Å². The highest BCUT2D eigenvalue weighted by Gasteiger charge is 2.09. The third-order valence-electron chi connectivity index (χ3n) is 2.99. The molecule has 1 heterocycles. The molecule has 0 aliphatic carbocycles. The average Bonchev–Trinajstić information content (AvgIpc) is 2.41. The molecule has 1 aromatic heterocycles. The Morgan fingerprint density at radius 2 is 1.65 bits per heavy atom. The molecule has 2 aromatic carbocycles. The van der Waals surface area contributed by atoms with Crippen LogP contribution < -0.4 is 4.74 Å². The lowest BCUT2D eigenvalue weighted by Crippen LogP contribution is -1.96. The predicted octanol–water partition coefficient (Wildman–Crippen LogP) is 4.80. The first-order valence-electron chi connectivity index (χ1n) is 6.31. The van der Waals surface area contributed by atoms with Crippen molar-refractivity contribution in [2.45, 2.75) is 13.8 Å². The molecule has 0 aliphatic heterocycles. The largest absolute Gasteiger partial charge is 0.423 e. The summed E-state index contributed by atoms with van der Waals surface area (Å²) >= 11 is 3.60. The van der Waals surface area contributed by atoms with Crippen LogP contribution in [0.4, 0.5) is 0 Å². The lowest BCUT2D eigenvalue weighted by Gasteiger charge is -2.09. The number of benzene rings is 2. The van der Waals surface area contributed by atoms with Crippen LogP contribution in [0.1, 0.15) is 11.4 Å². The molecule has 0 spiro atoms. The van der Waals surface area contributed by atoms with Gasteiger partial charge in [0.1, 0.15) is 5.75 Å². The Kier molecular flexibility index (Phi) is 3.40. The van der Waals surface area contributed by atoms with Crippen molar-refractivity contribution in [2.24, 2.45) is 0 Å². The van der Waals surface area contributed by atoms with Gasteiger partial charge in [-0.25, -0.2) is 9.97 Å². The maximum Gasteiger partial charge on any atom is 0.322 e. The van der Waals surface area contributed by atoms with Crippen molar-refractivity contribution in [2.75, 3.05) is 0 Å². The van der Waals surface area contributed by atoms with Crippen molar-refractivity contribution in [3.63, 3.8) is 0 Å². The monoisotopic (exact) mass is 328 g/mol. The number of halogens is 1. The fourth-order valence-electron chi connectivity index (χ4n) is 2.13. The number of nitrogens with zero attached hydrogens (tertiary/aromatic N) is 2. The van der Waals surface area contributed by atoms with Gasteiger partial charge >= 0.3 is 6.01 Å². The molecule has 3 aromatic rings. The minimum Gasteiger partial charge on any atom is -0.423 e. The zero-order chi connectivity index (χ0) is 14.1. The molecule has 0 unspecified atom stereocenters. The molecule has 20 heavy (non-hydrogen) atoms. The van der Waals surface area contributed by atoms with E-state index in [1.54, 1.807) is 0 Å². The maximum absolute atomic E-state index is 5.81. The Morgan fingerprint density at radius 3 is 2.40 bits per heavy atom. The molecule has 0 N–H and O–H groups in total. The van der Waals surface area contributed by atoms with Crippen LogP contribution in [0.2, 0.25) is 0 Å². The van der Waals surface area contributed by atoms with Crippen molar-refractivity contribution < 1.29 is 4.74 Å². The van der Waals surface area contributed by atoms with Crippen molar-refractivity contribution in [3.8, 4) is 11.8 Å². The van der Waals surface area contributed by atoms with E-state index in [9.17, 15) is 0 Å². The first-order chi connectivity index (χ1) is 9.63. The summed E-state index contributed by atoms with van der Waals surface area (Å²) in [6.07, 6.45) is 0. The second kappa shape index (κ2) is 5.21. The minimum atomic E-state index is 0.374. The van der Waals surface area contributed by atoms with Gasteiger partial charge in [0.25, 0.3) is 0 Å². The normalized spacial score (nSPS) is 10.8. The Morgan fingerprint density at radius 1 is 0.950 bits per heavy atom. The fourth-order valence-corrected chi connectivity index (χ4v) is 2.70. The molecule has 4 heteroatoms. The summed E-state index contributed by atoms with van der Waals surface area (Å²) in [7, 11) is 0. The number of aromatic nitrogens is 2. The van der Waals surface area contributed by atoms with E-state index >= 15 is 0 Å². The van der Waals surface area contributed by atoms with Gasteiger partial charge in [0.05, 0.1) is 4.47 Å². The smallest absolute Gasteiger partial charge is 0.322 e. The third-order valence-corrected chi connectivity index (χ3v) is 3.81. The predicted molar refractivity (Wildman–Crippen MR) is 83.2 cm³/mol. The van der Waals surface area contributed by atoms with E-state index in [0.29, 0.717) is 11.8 Å². The topological polar surface area (TPSA) is 35.0 Å². The quantitative estimate of drug-likeness (QED) is 0.677. The third kappa shape index (κ3) is 2.51. The number of hydrogen-bond donors (Lipinski definition) is 0. The highest BCUT2D eigenvalue weighted by molar-refractivity contribution is 9.10. The van der Waals surface area contributed by atoms with Gasteiger partial charge in [0, 0.05) is 11.4 Å². The summed E-state index contributed by atoms with van der Waals surface area (Å²) < 4.78 is 6.72. The van der Waals surface area contributed by atoms with Crippen LogP contribution >= 0.6 is 15.9 Å². The number of aryl methyl sites for hydroxylation is 2. The molecular formula is C16H13BrN2O. The molecular weight excluding hydrogens is 316 g/mol. The Labute approximate surface area is 125 Å². The molecule has 3 nitrogen and oxygen atoms in total. The van der Waals surface area contributed by atoms with Crippen molar-refractivity contribution in [3.05, 3.63) is 58.3 Å². The second-order valence-corrected chi connectivity index (χ2v) is 5.43. The Hall–Kier alpha value is -1.94. The van der Waals surface area contributed by atoms with E-state index < -0.39 is 0 Å². The number of fused-ring (bicyclic) bond motifs is 1. The number of hydrogen-bond acceptors (Lipinski definition) is 3. The van der Waals surface area contributed by atoms with Gasteiger partial charge < -0.3 is 4.74 Å². The van der Waals surface area contributed by atoms with E-state index in [4.69, 9.17) is 4.74 Å². The van der Waals surface area contributed by atoms with E-state index in [1.807, 2.05) is 44.2 Å². The molecule has 0 aliphatic rings. The van der Waals surface area contributed by atoms with Gasteiger partial charge in [0.15, 0.2) is 0 Å². The highest BCUT2D eigenvalue weighted by atomic mass is 79.9. The average molecular weight is 329 g/mol. The van der Waals surface area contributed by atoms with E-state index in [1.165, 1.54) is 0 Å². The molecule has 0 saturated heterocycles. The van der Waals surface area contributed by atoms with Crippen LogP contribution in [0.3, 0.4) is 0 Å². The number of ether oxygens (including phenoxy) is 1. The SMILES string of the molecule is Cc1cc(C)nc(Oc2ccc3ccccc3c2Br)n1. The first-order valence-corrected chi connectivity index (χ1v) is 7.10. The van der Waals surface area contributed by atoms with Crippen LogP contribution in [0.15, 0.2) is 46.9 Å². The molecule has 0 atom stereocenters. The standard InChI is InChI=1S/C16H13BrN2O/c1-10-9-11(2)19-16(18-10)20-14-8-7-12-5-3-4-6-13(12)15(14)17/h3-9H,1-2H3. The van der Waals surface area contributed by atoms with Gasteiger partial charge in [-0.3, -0.25) is 0 Å². The van der Waals surface area contributed by atoms with Gasteiger partial charge in [-0.2, -0.15) is 0 Å². The fraction of sp³-hybridized carbons (Fsp3) is 0.125. The summed E-state index contributed by atoms with van der Waals surface area (Å²) in [4.78, 5) is 8.59. The van der Waals surface area contributed by atoms with Gasteiger partial charge in [-0.15, -0.1) is 0 Å². The van der Waals surface area contributed by atoms with Gasteiger partial charge in [-0.05, 0) is 52.7 Å². The molecule has 0 amide bonds. The molecule has 3 rings (SSSR count). The van der Waals surface area contributed by atoms with Crippen LogP contribution in [-0.4, -0.2) is 9.97 Å². The van der Waals surface area contributed by atoms with E-state index in [-0.39, 0.29) is 0 Å². The van der Waals surface area contributed by atoms with Gasteiger partial charge in [0.2, 0.25) is 0 Å². The highest BCUT2D eigenvalue weighted by Crippen LogP contribution is 2.34. The summed E-state index contributed by atoms with van der Waals surface area (Å²) in [5.74, 6) is 0.716. The minimum absolute atomic E-state index is 0.374. The van der Waals surface area contributed by atoms with Crippen molar-refractivity contribution in [1.82, 2.24) is 9.97 Å². The summed E-state index contributed by atoms with van der Waals surface area (Å²) in [5, 5.41) is 2.27. The number of rotatable bonds is 2. The van der Waals surface area contributed by atoms with Crippen LogP contribution in [-0.2, 0) is 0 Å². The Bertz CT molecular complexity index is 766. The first kappa shape index (κ1) is 13.1. The van der Waals surface area contributed by atoms with E-state index in [0.717, 1.165) is 26.6 Å². The lowest BCUT2D eigenvalue weighted by atomic mass is 10.1. The molecule has 0 bridgehead atoms. The summed E-state index contributed by atoms with van der Waals surface area (Å²) in [5.41, 5.74) is 1.79. The van der Waals surface area contributed by atoms with Crippen LogP contribution in [0, 0.1) is 13.8 Å². The van der Waals surface area contributed by atoms with Crippen molar-refractivity contribution >= 4 is 26.7 Å². The Balaban J connectivity index is 2.04. The van der Waals surface area contributed by atoms with E-state index in [2.05, 4.69) is 38.0 Å². The zero-order valence-corrected chi connectivity index (χ0v) is 12.8. The molecule has 0 radical (unpaired) electrons. The van der Waals surface area contributed by atoms with Gasteiger partial charge in [-0.1, -0.05) is 30.3 Å².